The van der Waals surface area contributed by atoms with Crippen LogP contribution in [0, 0.1) is 29.6 Å². The predicted octanol–water partition coefficient (Wildman–Crippen LogP) is 1.92. The highest BCUT2D eigenvalue weighted by Gasteiger charge is 2.38. The van der Waals surface area contributed by atoms with Crippen molar-refractivity contribution in [3.63, 3.8) is 0 Å². The molecular formula is C49H48O27. The molecule has 0 aromatic heterocycles. The summed E-state index contributed by atoms with van der Waals surface area (Å²) in [5, 5.41) is 0. The number of benzene rings is 1. The van der Waals surface area contributed by atoms with Gasteiger partial charge in [0.05, 0.1) is 79.2 Å². The third kappa shape index (κ3) is 20.3. The molecule has 76 heavy (non-hydrogen) atoms. The van der Waals surface area contributed by atoms with Gasteiger partial charge < -0.3 is 42.6 Å². The van der Waals surface area contributed by atoms with Crippen LogP contribution in [0.25, 0.3) is 0 Å². The van der Waals surface area contributed by atoms with Crippen molar-refractivity contribution in [2.45, 2.75) is 93.4 Å². The van der Waals surface area contributed by atoms with Crippen molar-refractivity contribution in [2.24, 2.45) is 29.6 Å². The Kier molecular flexibility index (Phi) is 24.3. The normalized spacial score (nSPS) is 23.1. The number of fused-ring (bicyclic) bond motifs is 1. The number of rotatable bonds is 1. The van der Waals surface area contributed by atoms with Crippen LogP contribution in [-0.4, -0.2) is 107 Å². The van der Waals surface area contributed by atoms with Crippen LogP contribution in [0.5, 0.6) is 0 Å². The third-order valence-corrected chi connectivity index (χ3v) is 10.4. The molecule has 0 bridgehead atoms. The summed E-state index contributed by atoms with van der Waals surface area (Å²) in [5.41, 5.74) is 1.80. The Bertz CT molecular complexity index is 2550. The molecule has 5 unspecified atom stereocenters. The minimum atomic E-state index is -0.588. The predicted molar refractivity (Wildman–Crippen MR) is 240 cm³/mol. The molecule has 1 aromatic rings. The first-order chi connectivity index (χ1) is 35.4. The maximum atomic E-state index is 10.8. The Morgan fingerprint density at radius 1 is 0.421 bits per heavy atom. The van der Waals surface area contributed by atoms with Crippen LogP contribution in [0.4, 0.5) is 0 Å². The van der Waals surface area contributed by atoms with Gasteiger partial charge in [0.25, 0.3) is 0 Å². The van der Waals surface area contributed by atoms with E-state index in [1.807, 2.05) is 6.92 Å². The van der Waals surface area contributed by atoms with Crippen LogP contribution in [-0.2, 0) is 119 Å². The van der Waals surface area contributed by atoms with E-state index in [4.69, 9.17) is 0 Å². The minimum Gasteiger partial charge on any atom is -0.393 e. The molecule has 0 N–H and O–H groups in total. The highest BCUT2D eigenvalue weighted by molar-refractivity contribution is 6.14. The third-order valence-electron chi connectivity index (χ3n) is 10.4. The number of ether oxygens (including phenoxy) is 9. The summed E-state index contributed by atoms with van der Waals surface area (Å²) in [7, 11) is 0. The van der Waals surface area contributed by atoms with Crippen LogP contribution in [0.3, 0.4) is 0 Å². The molecule has 6 saturated heterocycles. The van der Waals surface area contributed by atoms with Gasteiger partial charge in [0.2, 0.25) is 0 Å². The van der Waals surface area contributed by atoms with E-state index >= 15 is 0 Å². The molecule has 1 aromatic carbocycles. The second kappa shape index (κ2) is 29.4. The molecule has 406 valence electrons. The summed E-state index contributed by atoms with van der Waals surface area (Å²) < 4.78 is 37.7. The van der Waals surface area contributed by atoms with Gasteiger partial charge in [-0.2, -0.15) is 0 Å². The highest BCUT2D eigenvalue weighted by atomic mass is 16.6. The number of carbonyl (C=O) groups is 18. The maximum Gasteiger partial charge on any atom is 0.346 e. The van der Waals surface area contributed by atoms with Gasteiger partial charge in [-0.1, -0.05) is 53.3 Å². The number of cyclic esters (lactones) is 18. The van der Waals surface area contributed by atoms with Gasteiger partial charge in [0.1, 0.15) is 0 Å². The van der Waals surface area contributed by atoms with Crippen LogP contribution >= 0.6 is 0 Å². The van der Waals surface area contributed by atoms with Gasteiger partial charge >= 0.3 is 107 Å². The van der Waals surface area contributed by atoms with E-state index in [-0.39, 0.29) is 85.6 Å². The van der Waals surface area contributed by atoms with Crippen molar-refractivity contribution in [3.05, 3.63) is 70.8 Å². The average Bonchev–Trinajstić information content (AvgIpc) is 4.27. The van der Waals surface area contributed by atoms with Crippen LogP contribution in [0.2, 0.25) is 0 Å². The fourth-order valence-corrected chi connectivity index (χ4v) is 5.47. The van der Waals surface area contributed by atoms with Gasteiger partial charge in [-0.05, 0) is 32.4 Å². The fourth-order valence-electron chi connectivity index (χ4n) is 5.47. The lowest BCUT2D eigenvalue weighted by atomic mass is 10.00. The Balaban J connectivity index is 0.000000293. The molecule has 9 aliphatic heterocycles. The molecule has 0 amide bonds. The second-order valence-electron chi connectivity index (χ2n) is 16.3. The zero-order valence-corrected chi connectivity index (χ0v) is 41.5. The Morgan fingerprint density at radius 3 is 0.987 bits per heavy atom. The summed E-state index contributed by atoms with van der Waals surface area (Å²) in [6, 6.07) is 6.53. The summed E-state index contributed by atoms with van der Waals surface area (Å²) >= 11 is 0. The van der Waals surface area contributed by atoms with Gasteiger partial charge in [-0.25, -0.2) is 33.6 Å². The molecule has 27 heteroatoms. The topological polar surface area (TPSA) is 390 Å². The second-order valence-corrected chi connectivity index (χ2v) is 16.3. The summed E-state index contributed by atoms with van der Waals surface area (Å²) in [6.07, 6.45) is 4.22. The maximum absolute atomic E-state index is 10.8. The van der Waals surface area contributed by atoms with Crippen molar-refractivity contribution in [2.75, 3.05) is 0 Å². The first-order valence-electron chi connectivity index (χ1n) is 22.3. The summed E-state index contributed by atoms with van der Waals surface area (Å²) in [5.74, 6) is -9.41. The van der Waals surface area contributed by atoms with E-state index < -0.39 is 95.5 Å². The zero-order valence-electron chi connectivity index (χ0n) is 41.5. The molecule has 10 rings (SSSR count). The van der Waals surface area contributed by atoms with Crippen molar-refractivity contribution >= 4 is 107 Å². The molecule has 9 aliphatic rings. The molecule has 0 radical (unpaired) electrons. The van der Waals surface area contributed by atoms with E-state index in [1.54, 1.807) is 65.8 Å². The van der Waals surface area contributed by atoms with E-state index in [2.05, 4.69) is 49.2 Å². The lowest BCUT2D eigenvalue weighted by Crippen LogP contribution is -2.09. The largest absolute Gasteiger partial charge is 0.393 e. The quantitative estimate of drug-likeness (QED) is 0.168. The van der Waals surface area contributed by atoms with E-state index in [1.165, 1.54) is 0 Å². The lowest BCUT2D eigenvalue weighted by molar-refractivity contribution is -0.155. The molecule has 0 spiro atoms. The molecule has 5 atom stereocenters. The number of carbonyl (C=O) groups excluding carboxylic acids is 18. The van der Waals surface area contributed by atoms with Gasteiger partial charge in [0, 0.05) is 28.9 Å². The fraction of sp³-hybridized carbons (Fsp3) is 0.388. The Labute approximate surface area is 429 Å². The van der Waals surface area contributed by atoms with Gasteiger partial charge in [0.15, 0.2) is 0 Å². The van der Waals surface area contributed by atoms with E-state index in [0.717, 1.165) is 12.2 Å². The van der Waals surface area contributed by atoms with E-state index in [0.29, 0.717) is 28.7 Å². The van der Waals surface area contributed by atoms with Crippen molar-refractivity contribution in [1.29, 1.82) is 0 Å². The number of esters is 18. The molecule has 0 aliphatic carbocycles. The van der Waals surface area contributed by atoms with E-state index in [9.17, 15) is 86.3 Å². The van der Waals surface area contributed by atoms with Crippen LogP contribution in [0.15, 0.2) is 59.7 Å². The lowest BCUT2D eigenvalue weighted by Gasteiger charge is -1.96. The Hall–Kier alpha value is -9.30. The molecule has 27 nitrogen and oxygen atoms in total. The molecule has 6 fully saturated rings. The number of hydrogen-bond donors (Lipinski definition) is 0. The van der Waals surface area contributed by atoms with Crippen molar-refractivity contribution < 1.29 is 129 Å². The summed E-state index contributed by atoms with van der Waals surface area (Å²) in [4.78, 5) is 186. The van der Waals surface area contributed by atoms with Crippen molar-refractivity contribution in [1.82, 2.24) is 0 Å². The SMILES string of the molecule is C=C1CC(=O)OC1=O.CC1=C(C)C(=O)OC1=O.CC1C(=O)OC(=O)C1C.CC1CC(=O)OC1=O.CC1CC(=O)OC1=O.CCC1CC(=O)OC1=O.O=C1C=CC(=O)O1.O=C1CCC(=O)O1.O=C1OC(=O)c2ccccc21. The highest BCUT2D eigenvalue weighted by Crippen LogP contribution is 2.22. The zero-order chi connectivity index (χ0) is 57.7. The first-order valence-corrected chi connectivity index (χ1v) is 22.3. The number of hydrogen-bond acceptors (Lipinski definition) is 27. The Morgan fingerprint density at radius 2 is 0.816 bits per heavy atom. The monoisotopic (exact) mass is 1070 g/mol. The van der Waals surface area contributed by atoms with Gasteiger partial charge in [-0.15, -0.1) is 0 Å². The molecule has 0 saturated carbocycles. The smallest absolute Gasteiger partial charge is 0.346 e. The molecular weight excluding hydrogens is 1020 g/mol. The summed E-state index contributed by atoms with van der Waals surface area (Å²) in [6.45, 7) is 15.0. The van der Waals surface area contributed by atoms with Crippen molar-refractivity contribution in [3.8, 4) is 0 Å². The minimum absolute atomic E-state index is 0.0544. The van der Waals surface area contributed by atoms with Gasteiger partial charge in [-0.3, -0.25) is 52.7 Å². The van der Waals surface area contributed by atoms with Crippen LogP contribution in [0.1, 0.15) is 114 Å². The molecule has 9 heterocycles. The first kappa shape index (κ1) is 62.8. The van der Waals surface area contributed by atoms with Crippen LogP contribution < -0.4 is 0 Å². The average molecular weight is 1070 g/mol. The standard InChI is InChI=1S/C8H4O3.C6H8O3.C6H6O3.C6H8O3.2C5H6O3.C5H4O3.C4H4O3.C4H2O3/c9-7-5-3-1-2-4-6(5)8(10)11-7;2*1-3-4(2)6(8)9-5(3)7;1-2-4-3-5(7)9-6(4)8;3*1-3-2-4(6)8-5(3)7;2*5-3-1-2-4(6)7-3/h1-4H;3-4H,1-2H3;1-2H3;4H,2-3H2,1H3;2*3H,2H2,1H3;1-2H2;1-2H2;1-2H.